The summed E-state index contributed by atoms with van der Waals surface area (Å²) >= 11 is 0. The number of β-amino-alcohol motifs (C(OH)–C–C–N with tert-alkyl or cyclic N) is 1. The number of aromatic amines is 1. The van der Waals surface area contributed by atoms with E-state index in [1.54, 1.807) is 0 Å². The van der Waals surface area contributed by atoms with Crippen LogP contribution < -0.4 is 5.56 Å². The van der Waals surface area contributed by atoms with Crippen LogP contribution in [0.4, 0.5) is 0 Å². The van der Waals surface area contributed by atoms with Gasteiger partial charge in [0.05, 0.1) is 18.7 Å². The lowest BCUT2D eigenvalue weighted by Crippen LogP contribution is -2.63. The van der Waals surface area contributed by atoms with Gasteiger partial charge in [-0.05, 0) is 12.5 Å². The number of amides is 1. The van der Waals surface area contributed by atoms with Gasteiger partial charge in [0.15, 0.2) is 0 Å². The summed E-state index contributed by atoms with van der Waals surface area (Å²) in [5, 5.41) is 15.8. The van der Waals surface area contributed by atoms with Gasteiger partial charge in [0.2, 0.25) is 0 Å². The Kier molecular flexibility index (Phi) is 2.97. The second-order valence-corrected chi connectivity index (χ2v) is 4.44. The zero-order valence-corrected chi connectivity index (χ0v) is 9.64. The quantitative estimate of drug-likeness (QED) is 0.759. The molecule has 1 saturated heterocycles. The fourth-order valence-electron chi connectivity index (χ4n) is 2.06. The third-order valence-corrected chi connectivity index (χ3v) is 2.87. The number of aliphatic hydroxyl groups is 1. The average Bonchev–Trinajstić information content (AvgIpc) is 2.26. The predicted molar refractivity (Wildman–Crippen MR) is 60.6 cm³/mol. The van der Waals surface area contributed by atoms with E-state index in [1.165, 1.54) is 17.0 Å². The summed E-state index contributed by atoms with van der Waals surface area (Å²) in [6.45, 7) is 2.66. The van der Waals surface area contributed by atoms with E-state index in [1.807, 2.05) is 6.92 Å². The lowest BCUT2D eigenvalue weighted by atomic mass is 9.89. The van der Waals surface area contributed by atoms with Crippen LogP contribution in [0.1, 0.15) is 30.3 Å². The largest absolute Gasteiger partial charge is 0.386 e. The molecule has 1 aliphatic heterocycles. The summed E-state index contributed by atoms with van der Waals surface area (Å²) in [5.74, 6) is -0.262. The van der Waals surface area contributed by atoms with Crippen LogP contribution in [0.25, 0.3) is 0 Å². The minimum Gasteiger partial charge on any atom is -0.386 e. The van der Waals surface area contributed by atoms with Crippen LogP contribution in [-0.2, 0) is 0 Å². The number of aromatic nitrogens is 2. The van der Waals surface area contributed by atoms with Crippen LogP contribution in [0.15, 0.2) is 16.9 Å². The van der Waals surface area contributed by atoms with Crippen molar-refractivity contribution >= 4 is 5.91 Å². The van der Waals surface area contributed by atoms with Gasteiger partial charge in [0.25, 0.3) is 11.5 Å². The summed E-state index contributed by atoms with van der Waals surface area (Å²) in [4.78, 5) is 24.2. The highest BCUT2D eigenvalue weighted by molar-refractivity contribution is 5.92. The molecule has 0 spiro atoms. The van der Waals surface area contributed by atoms with Crippen molar-refractivity contribution in [3.05, 3.63) is 28.2 Å². The van der Waals surface area contributed by atoms with Crippen molar-refractivity contribution in [1.82, 2.24) is 15.1 Å². The molecule has 6 nitrogen and oxygen atoms in total. The van der Waals surface area contributed by atoms with E-state index in [2.05, 4.69) is 10.2 Å². The van der Waals surface area contributed by atoms with Crippen molar-refractivity contribution in [2.45, 2.75) is 25.4 Å². The molecule has 0 atom stereocenters. The lowest BCUT2D eigenvalue weighted by molar-refractivity contribution is -0.0862. The summed E-state index contributed by atoms with van der Waals surface area (Å²) in [6, 6.07) is 2.65. The van der Waals surface area contributed by atoms with Crippen molar-refractivity contribution in [3.8, 4) is 0 Å². The number of carbonyl (C=O) groups excluding carboxylic acids is 1. The van der Waals surface area contributed by atoms with E-state index >= 15 is 0 Å². The lowest BCUT2D eigenvalue weighted by Gasteiger charge is -2.46. The maximum atomic E-state index is 11.9. The number of carbonyl (C=O) groups is 1. The third-order valence-electron chi connectivity index (χ3n) is 2.87. The highest BCUT2D eigenvalue weighted by Crippen LogP contribution is 2.26. The summed E-state index contributed by atoms with van der Waals surface area (Å²) in [7, 11) is 0. The molecule has 1 aliphatic rings. The zero-order chi connectivity index (χ0) is 12.5. The maximum absolute atomic E-state index is 11.9. The molecule has 0 aliphatic carbocycles. The monoisotopic (exact) mass is 237 g/mol. The first-order valence-electron chi connectivity index (χ1n) is 5.61. The Morgan fingerprint density at radius 2 is 2.29 bits per heavy atom. The maximum Gasteiger partial charge on any atom is 0.274 e. The van der Waals surface area contributed by atoms with Gasteiger partial charge in [0.1, 0.15) is 5.69 Å². The number of nitrogens with one attached hydrogen (secondary N) is 1. The van der Waals surface area contributed by atoms with Gasteiger partial charge < -0.3 is 10.0 Å². The first-order valence-corrected chi connectivity index (χ1v) is 5.61. The summed E-state index contributed by atoms with van der Waals surface area (Å²) < 4.78 is 0. The molecular formula is C11H15N3O3. The Morgan fingerprint density at radius 3 is 2.82 bits per heavy atom. The van der Waals surface area contributed by atoms with E-state index in [0.29, 0.717) is 19.5 Å². The minimum atomic E-state index is -0.743. The number of hydrogen-bond donors (Lipinski definition) is 2. The van der Waals surface area contributed by atoms with Crippen LogP contribution in [-0.4, -0.2) is 44.8 Å². The summed E-state index contributed by atoms with van der Waals surface area (Å²) in [6.07, 6.45) is 1.57. The van der Waals surface area contributed by atoms with Crippen molar-refractivity contribution in [2.75, 3.05) is 13.1 Å². The molecule has 1 aromatic heterocycles. The average molecular weight is 237 g/mol. The topological polar surface area (TPSA) is 86.3 Å². The minimum absolute atomic E-state index is 0.197. The van der Waals surface area contributed by atoms with Crippen molar-refractivity contribution in [1.29, 1.82) is 0 Å². The molecule has 2 heterocycles. The van der Waals surface area contributed by atoms with Gasteiger partial charge in [-0.1, -0.05) is 13.3 Å². The number of H-pyrrole nitrogens is 1. The Labute approximate surface area is 98.3 Å². The van der Waals surface area contributed by atoms with Gasteiger partial charge in [0, 0.05) is 6.07 Å². The first-order chi connectivity index (χ1) is 8.04. The highest BCUT2D eigenvalue weighted by Gasteiger charge is 2.43. The van der Waals surface area contributed by atoms with Crippen LogP contribution in [0.3, 0.4) is 0 Å². The normalized spacial score (nSPS) is 17.6. The molecule has 17 heavy (non-hydrogen) atoms. The molecule has 0 unspecified atom stereocenters. The standard InChI is InChI=1S/C11H15N3O3/c1-2-5-11(17)6-14(7-11)10(16)8-3-4-9(15)13-12-8/h3-4,17H,2,5-7H2,1H3,(H,13,15). The van der Waals surface area contributed by atoms with Crippen LogP contribution in [0.2, 0.25) is 0 Å². The molecule has 0 saturated carbocycles. The molecular weight excluding hydrogens is 222 g/mol. The number of hydrogen-bond acceptors (Lipinski definition) is 4. The fourth-order valence-corrected chi connectivity index (χ4v) is 2.06. The van der Waals surface area contributed by atoms with E-state index in [0.717, 1.165) is 6.42 Å². The molecule has 0 aromatic carbocycles. The van der Waals surface area contributed by atoms with Gasteiger partial charge >= 0.3 is 0 Å². The highest BCUT2D eigenvalue weighted by atomic mass is 16.3. The number of nitrogens with zero attached hydrogens (tertiary/aromatic N) is 2. The molecule has 2 rings (SSSR count). The molecule has 92 valence electrons. The van der Waals surface area contributed by atoms with Crippen LogP contribution in [0, 0.1) is 0 Å². The predicted octanol–water partition coefficient (Wildman–Crippen LogP) is -0.243. The zero-order valence-electron chi connectivity index (χ0n) is 9.64. The Hall–Kier alpha value is -1.69. The van der Waals surface area contributed by atoms with Gasteiger partial charge in [-0.25, -0.2) is 5.10 Å². The molecule has 1 amide bonds. The van der Waals surface area contributed by atoms with E-state index in [4.69, 9.17) is 0 Å². The molecule has 6 heteroatoms. The fraction of sp³-hybridized carbons (Fsp3) is 0.545. The Bertz CT molecular complexity index is 457. The Morgan fingerprint density at radius 1 is 1.59 bits per heavy atom. The SMILES string of the molecule is CCCC1(O)CN(C(=O)c2ccc(=O)[nH]n2)C1. The third kappa shape index (κ3) is 2.36. The second kappa shape index (κ2) is 4.29. The smallest absolute Gasteiger partial charge is 0.274 e. The Balaban J connectivity index is 2.00. The second-order valence-electron chi connectivity index (χ2n) is 4.44. The number of likely N-dealkylation sites (tertiary alicyclic amines) is 1. The molecule has 0 bridgehead atoms. The van der Waals surface area contributed by atoms with Crippen molar-refractivity contribution < 1.29 is 9.90 Å². The van der Waals surface area contributed by atoms with Gasteiger partial charge in [-0.15, -0.1) is 0 Å². The van der Waals surface area contributed by atoms with Crippen molar-refractivity contribution in [3.63, 3.8) is 0 Å². The molecule has 2 N–H and O–H groups in total. The van der Waals surface area contributed by atoms with Crippen molar-refractivity contribution in [2.24, 2.45) is 0 Å². The molecule has 0 radical (unpaired) electrons. The van der Waals surface area contributed by atoms with Gasteiger partial charge in [-0.3, -0.25) is 9.59 Å². The summed E-state index contributed by atoms with van der Waals surface area (Å²) in [5.41, 5.74) is -0.886. The van der Waals surface area contributed by atoms with Gasteiger partial charge in [-0.2, -0.15) is 5.10 Å². The number of rotatable bonds is 3. The molecule has 1 aromatic rings. The van der Waals surface area contributed by atoms with E-state index in [9.17, 15) is 14.7 Å². The van der Waals surface area contributed by atoms with Crippen LogP contribution in [0.5, 0.6) is 0 Å². The first kappa shape index (κ1) is 11.8. The molecule has 1 fully saturated rings. The van der Waals surface area contributed by atoms with Crippen LogP contribution >= 0.6 is 0 Å². The van der Waals surface area contributed by atoms with E-state index < -0.39 is 5.60 Å². The van der Waals surface area contributed by atoms with E-state index in [-0.39, 0.29) is 17.2 Å².